The van der Waals surface area contributed by atoms with E-state index in [2.05, 4.69) is 0 Å². The van der Waals surface area contributed by atoms with Gasteiger partial charge in [0.05, 0.1) is 12.2 Å². The van der Waals surface area contributed by atoms with E-state index in [9.17, 15) is 4.79 Å². The zero-order chi connectivity index (χ0) is 10.4. The van der Waals surface area contributed by atoms with Gasteiger partial charge in [0.1, 0.15) is 0 Å². The van der Waals surface area contributed by atoms with E-state index in [1.54, 1.807) is 0 Å². The van der Waals surface area contributed by atoms with Crippen LogP contribution in [0.25, 0.3) is 0 Å². The number of aliphatic hydroxyl groups is 4. The van der Waals surface area contributed by atoms with Gasteiger partial charge in [0, 0.05) is 13.0 Å². The molecular weight excluding hydrogens is 180 g/mol. The first-order chi connectivity index (χ1) is 5.99. The van der Waals surface area contributed by atoms with Crippen LogP contribution in [0.2, 0.25) is 0 Å². The van der Waals surface area contributed by atoms with Crippen molar-refractivity contribution < 1.29 is 30.3 Å². The first-order valence-electron chi connectivity index (χ1n) is 3.87. The number of aliphatic carboxylic acids is 1. The summed E-state index contributed by atoms with van der Waals surface area (Å²) in [6.07, 6.45) is -4.64. The van der Waals surface area contributed by atoms with Gasteiger partial charge in [-0.05, 0) is 6.42 Å². The predicted molar refractivity (Wildman–Crippen MR) is 42.0 cm³/mol. The van der Waals surface area contributed by atoms with E-state index in [0.29, 0.717) is 0 Å². The second kappa shape index (κ2) is 5.87. The van der Waals surface area contributed by atoms with Crippen LogP contribution in [0.3, 0.4) is 0 Å². The minimum Gasteiger partial charge on any atom is -0.479 e. The maximum Gasteiger partial charge on any atom is 0.335 e. The van der Waals surface area contributed by atoms with E-state index in [1.165, 1.54) is 0 Å². The van der Waals surface area contributed by atoms with Gasteiger partial charge in [-0.15, -0.1) is 0 Å². The summed E-state index contributed by atoms with van der Waals surface area (Å²) in [6, 6.07) is 0. The zero-order valence-electron chi connectivity index (χ0n) is 7.00. The van der Waals surface area contributed by atoms with Crippen LogP contribution in [0, 0.1) is 0 Å². The molecule has 0 saturated carbocycles. The molecule has 0 rings (SSSR count). The monoisotopic (exact) mass is 194 g/mol. The van der Waals surface area contributed by atoms with Gasteiger partial charge in [-0.2, -0.15) is 0 Å². The second-order valence-electron chi connectivity index (χ2n) is 2.75. The van der Waals surface area contributed by atoms with Crippen molar-refractivity contribution in [1.29, 1.82) is 0 Å². The van der Waals surface area contributed by atoms with E-state index in [1.807, 2.05) is 0 Å². The fourth-order valence-electron chi connectivity index (χ4n) is 0.839. The maximum atomic E-state index is 10.1. The first-order valence-corrected chi connectivity index (χ1v) is 3.87. The smallest absolute Gasteiger partial charge is 0.335 e. The first kappa shape index (κ1) is 12.3. The molecule has 6 nitrogen and oxygen atoms in total. The molecule has 0 aliphatic carbocycles. The molecule has 0 fully saturated rings. The standard InChI is InChI=1S/C7H14O6/c8-2-1-4(9)3-5(10)6(11)7(12)13/h4-6,8-11H,1-3H2,(H,12,13). The van der Waals surface area contributed by atoms with Gasteiger partial charge in [0.15, 0.2) is 6.10 Å². The Bertz CT molecular complexity index is 159. The number of carboxylic acids is 1. The summed E-state index contributed by atoms with van der Waals surface area (Å²) in [5.41, 5.74) is 0. The molecule has 0 radical (unpaired) electrons. The molecule has 13 heavy (non-hydrogen) atoms. The fourth-order valence-corrected chi connectivity index (χ4v) is 0.839. The summed E-state index contributed by atoms with van der Waals surface area (Å²) in [4.78, 5) is 10.1. The van der Waals surface area contributed by atoms with Crippen LogP contribution in [0.15, 0.2) is 0 Å². The van der Waals surface area contributed by atoms with Gasteiger partial charge < -0.3 is 25.5 Å². The van der Waals surface area contributed by atoms with Gasteiger partial charge in [0.2, 0.25) is 0 Å². The van der Waals surface area contributed by atoms with Crippen LogP contribution in [-0.2, 0) is 4.79 Å². The summed E-state index contributed by atoms with van der Waals surface area (Å²) in [5, 5.41) is 43.5. The third-order valence-electron chi connectivity index (χ3n) is 1.59. The SMILES string of the molecule is O=C(O)C(O)C(O)CC(O)CCO. The van der Waals surface area contributed by atoms with Crippen LogP contribution < -0.4 is 0 Å². The lowest BCUT2D eigenvalue weighted by atomic mass is 10.1. The van der Waals surface area contributed by atoms with Crippen LogP contribution >= 0.6 is 0 Å². The van der Waals surface area contributed by atoms with E-state index in [-0.39, 0.29) is 19.4 Å². The molecule has 78 valence electrons. The Morgan fingerprint density at radius 1 is 1.23 bits per heavy atom. The minimum absolute atomic E-state index is 0.0450. The lowest BCUT2D eigenvalue weighted by Crippen LogP contribution is -2.36. The molecule has 0 spiro atoms. The molecule has 0 aromatic carbocycles. The molecule has 0 saturated heterocycles. The highest BCUT2D eigenvalue weighted by Gasteiger charge is 2.25. The highest BCUT2D eigenvalue weighted by Crippen LogP contribution is 2.06. The van der Waals surface area contributed by atoms with Crippen LogP contribution in [-0.4, -0.2) is 56.4 Å². The van der Waals surface area contributed by atoms with Crippen LogP contribution in [0.4, 0.5) is 0 Å². The Morgan fingerprint density at radius 3 is 2.15 bits per heavy atom. The second-order valence-corrected chi connectivity index (χ2v) is 2.75. The lowest BCUT2D eigenvalue weighted by Gasteiger charge is -2.16. The third-order valence-corrected chi connectivity index (χ3v) is 1.59. The number of hydrogen-bond donors (Lipinski definition) is 5. The fraction of sp³-hybridized carbons (Fsp3) is 0.857. The van der Waals surface area contributed by atoms with Crippen LogP contribution in [0.1, 0.15) is 12.8 Å². The van der Waals surface area contributed by atoms with Crippen molar-refractivity contribution in [3.63, 3.8) is 0 Å². The van der Waals surface area contributed by atoms with E-state index in [4.69, 9.17) is 25.5 Å². The van der Waals surface area contributed by atoms with E-state index in [0.717, 1.165) is 0 Å². The van der Waals surface area contributed by atoms with Crippen molar-refractivity contribution in [3.8, 4) is 0 Å². The van der Waals surface area contributed by atoms with Crippen molar-refractivity contribution in [2.45, 2.75) is 31.2 Å². The molecule has 5 N–H and O–H groups in total. The Hall–Kier alpha value is -0.690. The molecule has 0 aliphatic rings. The predicted octanol–water partition coefficient (Wildman–Crippen LogP) is -2.07. The highest BCUT2D eigenvalue weighted by molar-refractivity contribution is 5.72. The third kappa shape index (κ3) is 4.79. The summed E-state index contributed by atoms with van der Waals surface area (Å²) >= 11 is 0. The topological polar surface area (TPSA) is 118 Å². The van der Waals surface area contributed by atoms with Gasteiger partial charge in [-0.3, -0.25) is 0 Å². The van der Waals surface area contributed by atoms with Gasteiger partial charge >= 0.3 is 5.97 Å². The molecule has 3 unspecified atom stereocenters. The van der Waals surface area contributed by atoms with Crippen molar-refractivity contribution in [2.75, 3.05) is 6.61 Å². The zero-order valence-corrected chi connectivity index (χ0v) is 7.00. The number of carboxylic acid groups (broad SMARTS) is 1. The Kier molecular flexibility index (Phi) is 5.56. The molecule has 0 amide bonds. The largest absolute Gasteiger partial charge is 0.479 e. The number of hydrogen-bond acceptors (Lipinski definition) is 5. The van der Waals surface area contributed by atoms with Crippen molar-refractivity contribution in [2.24, 2.45) is 0 Å². The summed E-state index contributed by atoms with van der Waals surface area (Å²) in [5.74, 6) is -1.54. The number of rotatable bonds is 6. The Balaban J connectivity index is 3.84. The molecule has 0 aromatic rings. The molecule has 3 atom stereocenters. The quantitative estimate of drug-likeness (QED) is 0.331. The van der Waals surface area contributed by atoms with E-state index < -0.39 is 24.3 Å². The average molecular weight is 194 g/mol. The molecule has 0 aromatic heterocycles. The average Bonchev–Trinajstić information content (AvgIpc) is 2.03. The Labute approximate surface area is 75.1 Å². The van der Waals surface area contributed by atoms with E-state index >= 15 is 0 Å². The minimum atomic E-state index is -1.90. The maximum absolute atomic E-state index is 10.1. The van der Waals surface area contributed by atoms with Gasteiger partial charge in [0.25, 0.3) is 0 Å². The van der Waals surface area contributed by atoms with Crippen molar-refractivity contribution in [1.82, 2.24) is 0 Å². The highest BCUT2D eigenvalue weighted by atomic mass is 16.4. The molecular formula is C7H14O6. The summed E-state index contributed by atoms with van der Waals surface area (Å²) in [7, 11) is 0. The molecule has 0 heterocycles. The summed E-state index contributed by atoms with van der Waals surface area (Å²) in [6.45, 7) is -0.253. The van der Waals surface area contributed by atoms with Crippen molar-refractivity contribution >= 4 is 5.97 Å². The van der Waals surface area contributed by atoms with Gasteiger partial charge in [-0.1, -0.05) is 0 Å². The lowest BCUT2D eigenvalue weighted by molar-refractivity contribution is -0.153. The number of carbonyl (C=O) groups is 1. The van der Waals surface area contributed by atoms with Gasteiger partial charge in [-0.25, -0.2) is 4.79 Å². The normalized spacial score (nSPS) is 17.8. The molecule has 0 bridgehead atoms. The Morgan fingerprint density at radius 2 is 1.77 bits per heavy atom. The van der Waals surface area contributed by atoms with Crippen molar-refractivity contribution in [3.05, 3.63) is 0 Å². The summed E-state index contributed by atoms with van der Waals surface area (Å²) < 4.78 is 0. The number of aliphatic hydroxyl groups excluding tert-OH is 4. The molecule has 6 heteroatoms. The molecule has 0 aliphatic heterocycles. The van der Waals surface area contributed by atoms with Crippen LogP contribution in [0.5, 0.6) is 0 Å².